The third-order valence-corrected chi connectivity index (χ3v) is 4.61. The number of benzene rings is 3. The molecule has 0 radical (unpaired) electrons. The van der Waals surface area contributed by atoms with Crippen LogP contribution in [0.3, 0.4) is 0 Å². The molecule has 0 amide bonds. The highest BCUT2D eigenvalue weighted by atomic mass is 32.1. The summed E-state index contributed by atoms with van der Waals surface area (Å²) in [4.78, 5) is 0. The third kappa shape index (κ3) is 3.63. The molecular weight excluding hydrogens is 308 g/mol. The molecule has 0 atom stereocenters. The van der Waals surface area contributed by atoms with Gasteiger partial charge < -0.3 is 0 Å². The summed E-state index contributed by atoms with van der Waals surface area (Å²) in [5.74, 6) is 2.83. The Hall–Kier alpha value is -2.25. The van der Waals surface area contributed by atoms with E-state index in [4.69, 9.17) is 0 Å². The third-order valence-electron chi connectivity index (χ3n) is 4.61. The topological polar surface area (TPSA) is 0 Å². The molecule has 0 aliphatic heterocycles. The fourth-order valence-electron chi connectivity index (χ4n) is 3.05. The summed E-state index contributed by atoms with van der Waals surface area (Å²) in [6.07, 6.45) is 0. The highest BCUT2D eigenvalue weighted by molar-refractivity contribution is 7.77. The first-order valence-corrected chi connectivity index (χ1v) is 8.67. The fourth-order valence-corrected chi connectivity index (χ4v) is 3.05. The molecule has 0 saturated carbocycles. The van der Waals surface area contributed by atoms with Gasteiger partial charge in [0.25, 0.3) is 0 Å². The molecule has 0 unspecified atom stereocenters. The molecule has 3 rings (SSSR count). The lowest BCUT2D eigenvalue weighted by Gasteiger charge is -2.32. The van der Waals surface area contributed by atoms with Crippen molar-refractivity contribution in [3.63, 3.8) is 0 Å². The number of rotatable bonds is 3. The number of aryl methyl sites for hydroxylation is 2. The van der Waals surface area contributed by atoms with Crippen LogP contribution in [-0.2, 0) is 5.41 Å². The van der Waals surface area contributed by atoms with Crippen LogP contribution in [0.1, 0.15) is 34.7 Å². The van der Waals surface area contributed by atoms with E-state index in [0.29, 0.717) is 0 Å². The average Bonchev–Trinajstić information content (AvgIpc) is 2.65. The van der Waals surface area contributed by atoms with Crippen LogP contribution in [0.5, 0.6) is 0 Å². The zero-order valence-electron chi connectivity index (χ0n) is 14.6. The molecule has 0 heterocycles. The summed E-state index contributed by atoms with van der Waals surface area (Å²) in [5, 5.41) is 0. The fraction of sp³-hybridized carbons (Fsp3) is 0.174. The second kappa shape index (κ2) is 8.03. The summed E-state index contributed by atoms with van der Waals surface area (Å²) in [6, 6.07) is 28.6. The summed E-state index contributed by atoms with van der Waals surface area (Å²) >= 11 is 3.83. The van der Waals surface area contributed by atoms with E-state index in [2.05, 4.69) is 118 Å². The molecule has 122 valence electrons. The van der Waals surface area contributed by atoms with E-state index in [1.165, 1.54) is 27.8 Å². The molecule has 0 aromatic heterocycles. The number of hydrogen-bond donors (Lipinski definition) is 0. The van der Waals surface area contributed by atoms with Crippen molar-refractivity contribution in [3.8, 4) is 0 Å². The summed E-state index contributed by atoms with van der Waals surface area (Å²) in [7, 11) is 0. The molecule has 1 heteroatoms. The lowest BCUT2D eigenvalue weighted by Crippen LogP contribution is -2.25. The Morgan fingerprint density at radius 1 is 0.583 bits per heavy atom. The van der Waals surface area contributed by atoms with Crippen molar-refractivity contribution in [1.82, 2.24) is 0 Å². The van der Waals surface area contributed by atoms with Gasteiger partial charge in [-0.1, -0.05) is 102 Å². The maximum Gasteiger partial charge on any atom is 0.0423 e. The molecule has 0 aliphatic carbocycles. The van der Waals surface area contributed by atoms with Crippen LogP contribution in [0.25, 0.3) is 0 Å². The Balaban J connectivity index is 0.00000100. The molecule has 3 aromatic carbocycles. The van der Waals surface area contributed by atoms with E-state index in [1.54, 1.807) is 0 Å². The molecule has 0 spiro atoms. The predicted octanol–water partition coefficient (Wildman–Crippen LogP) is 6.27. The molecular formula is C23H24S. The van der Waals surface area contributed by atoms with E-state index in [0.717, 1.165) is 0 Å². The molecule has 3 aromatic rings. The maximum absolute atomic E-state index is 3.83. The van der Waals surface area contributed by atoms with Crippen LogP contribution >= 0.6 is 12.2 Å². The van der Waals surface area contributed by atoms with Crippen LogP contribution in [0.4, 0.5) is 0 Å². The summed E-state index contributed by atoms with van der Waals surface area (Å²) < 4.78 is 0. The number of hydrogen-bond acceptors (Lipinski definition) is 1. The van der Waals surface area contributed by atoms with E-state index in [9.17, 15) is 0 Å². The van der Waals surface area contributed by atoms with Gasteiger partial charge in [0.05, 0.1) is 0 Å². The number of thiocarbonyl (C=S) groups is 1. The van der Waals surface area contributed by atoms with Crippen LogP contribution in [-0.4, -0.2) is 5.87 Å². The van der Waals surface area contributed by atoms with Gasteiger partial charge in [-0.3, -0.25) is 0 Å². The van der Waals surface area contributed by atoms with Gasteiger partial charge >= 0.3 is 0 Å². The predicted molar refractivity (Wildman–Crippen MR) is 109 cm³/mol. The monoisotopic (exact) mass is 332 g/mol. The van der Waals surface area contributed by atoms with Gasteiger partial charge in [0.1, 0.15) is 0 Å². The lowest BCUT2D eigenvalue weighted by atomic mass is 9.71. The normalized spacial score (nSPS) is 10.6. The van der Waals surface area contributed by atoms with Gasteiger partial charge in [-0.05, 0) is 43.3 Å². The van der Waals surface area contributed by atoms with Gasteiger partial charge in [0.15, 0.2) is 0 Å². The second-order valence-electron chi connectivity index (χ2n) is 6.22. The molecule has 0 bridgehead atoms. The standard InChI is InChI=1S/C22H22.CH2S/c1-17-9-13-20(14-10-17)22(3,19-7-5-4-6-8-19)21-15-11-18(2)12-16-21;1-2/h4-16H,1-3H3;1H2. The summed E-state index contributed by atoms with van der Waals surface area (Å²) in [5.41, 5.74) is 6.43. The van der Waals surface area contributed by atoms with Gasteiger partial charge in [0.2, 0.25) is 0 Å². The van der Waals surface area contributed by atoms with Gasteiger partial charge in [0, 0.05) is 5.41 Å². The van der Waals surface area contributed by atoms with Crippen molar-refractivity contribution in [2.24, 2.45) is 0 Å². The molecule has 0 aliphatic rings. The van der Waals surface area contributed by atoms with Crippen LogP contribution in [0.15, 0.2) is 78.9 Å². The molecule has 24 heavy (non-hydrogen) atoms. The van der Waals surface area contributed by atoms with Crippen molar-refractivity contribution in [1.29, 1.82) is 0 Å². The Kier molecular flexibility index (Phi) is 6.05. The minimum atomic E-state index is -0.136. The van der Waals surface area contributed by atoms with Crippen molar-refractivity contribution in [2.45, 2.75) is 26.2 Å². The quantitative estimate of drug-likeness (QED) is 0.402. The van der Waals surface area contributed by atoms with Crippen molar-refractivity contribution in [3.05, 3.63) is 107 Å². The van der Waals surface area contributed by atoms with Crippen LogP contribution < -0.4 is 0 Å². The van der Waals surface area contributed by atoms with Crippen LogP contribution in [0.2, 0.25) is 0 Å². The Bertz CT molecular complexity index is 710. The molecule has 0 fully saturated rings. The molecule has 0 nitrogen and oxygen atoms in total. The first kappa shape index (κ1) is 18.1. The van der Waals surface area contributed by atoms with Gasteiger partial charge in [-0.25, -0.2) is 0 Å². The van der Waals surface area contributed by atoms with Crippen molar-refractivity contribution < 1.29 is 0 Å². The minimum Gasteiger partial charge on any atom is -0.0973 e. The highest BCUT2D eigenvalue weighted by Gasteiger charge is 2.30. The van der Waals surface area contributed by atoms with E-state index >= 15 is 0 Å². The first-order chi connectivity index (χ1) is 11.6. The molecule has 0 N–H and O–H groups in total. The van der Waals surface area contributed by atoms with Crippen LogP contribution in [0, 0.1) is 13.8 Å². The van der Waals surface area contributed by atoms with Gasteiger partial charge in [-0.2, -0.15) is 0 Å². The largest absolute Gasteiger partial charge is 0.0973 e. The Morgan fingerprint density at radius 2 is 0.917 bits per heavy atom. The molecule has 0 saturated heterocycles. The van der Waals surface area contributed by atoms with E-state index in [-0.39, 0.29) is 5.41 Å². The maximum atomic E-state index is 3.83. The van der Waals surface area contributed by atoms with E-state index in [1.807, 2.05) is 0 Å². The van der Waals surface area contributed by atoms with E-state index < -0.39 is 0 Å². The smallest absolute Gasteiger partial charge is 0.0423 e. The zero-order valence-corrected chi connectivity index (χ0v) is 15.4. The van der Waals surface area contributed by atoms with Gasteiger partial charge in [-0.15, -0.1) is 0 Å². The highest BCUT2D eigenvalue weighted by Crippen LogP contribution is 2.38. The second-order valence-corrected chi connectivity index (χ2v) is 6.22. The minimum absolute atomic E-state index is 0.136. The zero-order chi connectivity index (χ0) is 17.6. The lowest BCUT2D eigenvalue weighted by molar-refractivity contribution is 0.692. The van der Waals surface area contributed by atoms with Crippen molar-refractivity contribution >= 4 is 18.1 Å². The summed E-state index contributed by atoms with van der Waals surface area (Å²) in [6.45, 7) is 6.59. The van der Waals surface area contributed by atoms with Crippen molar-refractivity contribution in [2.75, 3.05) is 0 Å². The Labute approximate surface area is 151 Å². The average molecular weight is 333 g/mol. The first-order valence-electron chi connectivity index (χ1n) is 8.09. The SMILES string of the molecule is C=S.Cc1ccc(C(C)(c2ccccc2)c2ccc(C)cc2)cc1. The Morgan fingerprint density at radius 3 is 1.29 bits per heavy atom.